The predicted octanol–water partition coefficient (Wildman–Crippen LogP) is 4.07. The molecule has 3 rings (SSSR count). The molecule has 0 saturated heterocycles. The lowest BCUT2D eigenvalue weighted by molar-refractivity contribution is -0.159. The maximum Gasteiger partial charge on any atom is 0.471 e. The van der Waals surface area contributed by atoms with Crippen molar-refractivity contribution >= 4 is 17.3 Å². The zero-order valence-corrected chi connectivity index (χ0v) is 14.4. The minimum atomic E-state index is -4.70. The number of nitrogens with one attached hydrogen (secondary N) is 1. The molecule has 0 aliphatic carbocycles. The summed E-state index contributed by atoms with van der Waals surface area (Å²) in [7, 11) is 3.72. The van der Waals surface area contributed by atoms with Gasteiger partial charge in [0.25, 0.3) is 5.91 Å². The number of hydrogen-bond donors (Lipinski definition) is 1. The Bertz CT molecular complexity index is 950. The van der Waals surface area contributed by atoms with Crippen molar-refractivity contribution < 1.29 is 22.5 Å². The molecule has 2 aromatic carbocycles. The molecule has 1 N–H and O–H groups in total. The molecule has 0 fully saturated rings. The van der Waals surface area contributed by atoms with Gasteiger partial charge in [0.1, 0.15) is 0 Å². The highest BCUT2D eigenvalue weighted by Crippen LogP contribution is 2.29. The van der Waals surface area contributed by atoms with E-state index in [4.69, 9.17) is 0 Å². The number of carbonyl (C=O) groups is 1. The average Bonchev–Trinajstić information content (AvgIpc) is 3.12. The van der Waals surface area contributed by atoms with E-state index in [1.54, 1.807) is 12.1 Å². The summed E-state index contributed by atoms with van der Waals surface area (Å²) in [6, 6.07) is 13.2. The molecule has 1 amide bonds. The van der Waals surface area contributed by atoms with Crippen LogP contribution in [0.3, 0.4) is 0 Å². The van der Waals surface area contributed by atoms with E-state index in [2.05, 4.69) is 20.0 Å². The molecular weight excluding hydrogens is 361 g/mol. The third-order valence-corrected chi connectivity index (χ3v) is 3.71. The van der Waals surface area contributed by atoms with Crippen molar-refractivity contribution in [3.63, 3.8) is 0 Å². The summed E-state index contributed by atoms with van der Waals surface area (Å²) >= 11 is 0. The van der Waals surface area contributed by atoms with E-state index in [1.165, 1.54) is 24.3 Å². The Morgan fingerprint density at radius 2 is 1.74 bits per heavy atom. The van der Waals surface area contributed by atoms with Crippen molar-refractivity contribution in [2.24, 2.45) is 0 Å². The normalized spacial score (nSPS) is 11.3. The van der Waals surface area contributed by atoms with Gasteiger partial charge in [-0.25, -0.2) is 0 Å². The average molecular weight is 376 g/mol. The number of aromatic nitrogens is 2. The van der Waals surface area contributed by atoms with Gasteiger partial charge >= 0.3 is 12.1 Å². The van der Waals surface area contributed by atoms with Crippen molar-refractivity contribution in [1.82, 2.24) is 10.1 Å². The van der Waals surface area contributed by atoms with Crippen LogP contribution in [0.4, 0.5) is 24.5 Å². The van der Waals surface area contributed by atoms with Crippen LogP contribution in [0.15, 0.2) is 53.1 Å². The van der Waals surface area contributed by atoms with E-state index in [0.29, 0.717) is 16.8 Å². The Morgan fingerprint density at radius 3 is 2.33 bits per heavy atom. The highest BCUT2D eigenvalue weighted by Gasteiger charge is 2.38. The van der Waals surface area contributed by atoms with Crippen LogP contribution in [0.25, 0.3) is 11.4 Å². The van der Waals surface area contributed by atoms with Gasteiger partial charge in [-0.1, -0.05) is 29.4 Å². The van der Waals surface area contributed by atoms with Crippen LogP contribution in [0, 0.1) is 0 Å². The lowest BCUT2D eigenvalue weighted by Gasteiger charge is -2.17. The van der Waals surface area contributed by atoms with Gasteiger partial charge in [0.05, 0.1) is 11.4 Å². The van der Waals surface area contributed by atoms with Crippen molar-refractivity contribution in [2.75, 3.05) is 24.3 Å². The predicted molar refractivity (Wildman–Crippen MR) is 93.5 cm³/mol. The Hall–Kier alpha value is -3.36. The smallest absolute Gasteiger partial charge is 0.376 e. The molecule has 0 bridgehead atoms. The number of anilines is 2. The highest BCUT2D eigenvalue weighted by molar-refractivity contribution is 6.06. The van der Waals surface area contributed by atoms with Crippen LogP contribution < -0.4 is 10.2 Å². The number of carbonyl (C=O) groups excluding carboxylic acids is 1. The van der Waals surface area contributed by atoms with E-state index in [9.17, 15) is 18.0 Å². The van der Waals surface area contributed by atoms with Crippen LogP contribution in [-0.4, -0.2) is 30.1 Å². The van der Waals surface area contributed by atoms with Gasteiger partial charge in [-0.3, -0.25) is 4.79 Å². The van der Waals surface area contributed by atoms with E-state index in [1.807, 2.05) is 31.1 Å². The molecule has 140 valence electrons. The molecule has 0 atom stereocenters. The SMILES string of the molecule is CN(C)c1ccccc1NC(=O)c1ccc(-c2noc(C(F)(F)F)n2)cc1. The quantitative estimate of drug-likeness (QED) is 0.743. The minimum Gasteiger partial charge on any atom is -0.376 e. The second-order valence-electron chi connectivity index (χ2n) is 5.86. The Morgan fingerprint density at radius 1 is 1.07 bits per heavy atom. The molecule has 9 heteroatoms. The number of benzene rings is 2. The van der Waals surface area contributed by atoms with Gasteiger partial charge in [0, 0.05) is 25.2 Å². The molecule has 3 aromatic rings. The molecule has 0 aliphatic rings. The van der Waals surface area contributed by atoms with E-state index < -0.39 is 12.1 Å². The molecule has 0 aliphatic heterocycles. The van der Waals surface area contributed by atoms with Gasteiger partial charge in [-0.15, -0.1) is 0 Å². The second-order valence-corrected chi connectivity index (χ2v) is 5.86. The van der Waals surface area contributed by atoms with Crippen LogP contribution >= 0.6 is 0 Å². The second kappa shape index (κ2) is 7.10. The topological polar surface area (TPSA) is 71.3 Å². The Kier molecular flexibility index (Phi) is 4.85. The zero-order valence-electron chi connectivity index (χ0n) is 14.4. The first kappa shape index (κ1) is 18.4. The van der Waals surface area contributed by atoms with Crippen LogP contribution in [0.5, 0.6) is 0 Å². The van der Waals surface area contributed by atoms with E-state index in [-0.39, 0.29) is 11.7 Å². The van der Waals surface area contributed by atoms with Crippen LogP contribution in [0.2, 0.25) is 0 Å². The van der Waals surface area contributed by atoms with Crippen molar-refractivity contribution in [3.8, 4) is 11.4 Å². The van der Waals surface area contributed by atoms with E-state index in [0.717, 1.165) is 5.69 Å². The fraction of sp³-hybridized carbons (Fsp3) is 0.167. The number of rotatable bonds is 4. The molecule has 1 heterocycles. The maximum atomic E-state index is 12.5. The molecule has 0 unspecified atom stereocenters. The summed E-state index contributed by atoms with van der Waals surface area (Å²) in [6.45, 7) is 0. The molecule has 0 radical (unpaired) electrons. The summed E-state index contributed by atoms with van der Waals surface area (Å²) in [5.41, 5.74) is 2.13. The number of nitrogens with zero attached hydrogens (tertiary/aromatic N) is 3. The van der Waals surface area contributed by atoms with Gasteiger partial charge in [-0.05, 0) is 24.3 Å². The summed E-state index contributed by atoms with van der Waals surface area (Å²) in [5.74, 6) is -1.97. The minimum absolute atomic E-state index is 0.202. The molecule has 0 saturated carbocycles. The first-order valence-electron chi connectivity index (χ1n) is 7.85. The summed E-state index contributed by atoms with van der Waals surface area (Å²) in [5, 5.41) is 6.13. The number of alkyl halides is 3. The van der Waals surface area contributed by atoms with Crippen LogP contribution in [-0.2, 0) is 6.18 Å². The van der Waals surface area contributed by atoms with E-state index >= 15 is 0 Å². The number of hydrogen-bond acceptors (Lipinski definition) is 5. The number of amides is 1. The summed E-state index contributed by atoms with van der Waals surface area (Å²) in [6.07, 6.45) is -4.70. The summed E-state index contributed by atoms with van der Waals surface area (Å²) < 4.78 is 41.8. The fourth-order valence-corrected chi connectivity index (χ4v) is 2.39. The fourth-order valence-electron chi connectivity index (χ4n) is 2.39. The van der Waals surface area contributed by atoms with Gasteiger partial charge in [-0.2, -0.15) is 18.2 Å². The maximum absolute atomic E-state index is 12.5. The zero-order chi connectivity index (χ0) is 19.6. The van der Waals surface area contributed by atoms with Gasteiger partial charge < -0.3 is 14.7 Å². The molecule has 27 heavy (non-hydrogen) atoms. The monoisotopic (exact) mass is 376 g/mol. The molecule has 1 aromatic heterocycles. The molecule has 0 spiro atoms. The first-order valence-corrected chi connectivity index (χ1v) is 7.85. The Balaban J connectivity index is 1.78. The van der Waals surface area contributed by atoms with Crippen molar-refractivity contribution in [1.29, 1.82) is 0 Å². The largest absolute Gasteiger partial charge is 0.471 e. The van der Waals surface area contributed by atoms with Crippen molar-refractivity contribution in [3.05, 3.63) is 60.0 Å². The van der Waals surface area contributed by atoms with Gasteiger partial charge in [0.15, 0.2) is 0 Å². The lowest BCUT2D eigenvalue weighted by Crippen LogP contribution is -2.16. The third-order valence-electron chi connectivity index (χ3n) is 3.71. The summed E-state index contributed by atoms with van der Waals surface area (Å²) in [4.78, 5) is 17.6. The van der Waals surface area contributed by atoms with Crippen molar-refractivity contribution in [2.45, 2.75) is 6.18 Å². The van der Waals surface area contributed by atoms with Gasteiger partial charge in [0.2, 0.25) is 5.82 Å². The number of halogens is 3. The molecular formula is C18H15F3N4O2. The standard InChI is InChI=1S/C18H15F3N4O2/c1-25(2)14-6-4-3-5-13(14)22-16(26)12-9-7-11(8-10-12)15-23-17(27-24-15)18(19,20)21/h3-10H,1-2H3,(H,22,26). The highest BCUT2D eigenvalue weighted by atomic mass is 19.4. The van der Waals surface area contributed by atoms with Crippen LogP contribution in [0.1, 0.15) is 16.2 Å². The molecule has 6 nitrogen and oxygen atoms in total. The number of para-hydroxylation sites is 2. The first-order chi connectivity index (χ1) is 12.8. The third kappa shape index (κ3) is 4.08. The Labute approximate surface area is 152 Å². The lowest BCUT2D eigenvalue weighted by atomic mass is 10.1.